The van der Waals surface area contributed by atoms with Crippen molar-refractivity contribution in [3.05, 3.63) is 27.8 Å². The SMILES string of the molecule is CC[C@H](NC(=O)NCCCc1nc(C)no1)c1nc(C)cs1. The smallest absolute Gasteiger partial charge is 0.315 e. The Balaban J connectivity index is 1.70. The lowest BCUT2D eigenvalue weighted by Gasteiger charge is -2.15. The molecule has 0 fully saturated rings. The highest BCUT2D eigenvalue weighted by Gasteiger charge is 2.15. The highest BCUT2D eigenvalue weighted by Crippen LogP contribution is 2.20. The normalized spacial score (nSPS) is 12.1. The van der Waals surface area contributed by atoms with Gasteiger partial charge in [-0.2, -0.15) is 4.98 Å². The largest absolute Gasteiger partial charge is 0.339 e. The van der Waals surface area contributed by atoms with E-state index in [2.05, 4.69) is 25.8 Å². The van der Waals surface area contributed by atoms with Gasteiger partial charge in [-0.15, -0.1) is 11.3 Å². The van der Waals surface area contributed by atoms with Gasteiger partial charge in [0.1, 0.15) is 5.01 Å². The fraction of sp³-hybridized carbons (Fsp3) is 0.571. The van der Waals surface area contributed by atoms with E-state index >= 15 is 0 Å². The molecule has 22 heavy (non-hydrogen) atoms. The van der Waals surface area contributed by atoms with Gasteiger partial charge in [-0.1, -0.05) is 12.1 Å². The molecule has 0 radical (unpaired) electrons. The molecule has 2 N–H and O–H groups in total. The molecule has 0 aliphatic carbocycles. The summed E-state index contributed by atoms with van der Waals surface area (Å²) in [5.41, 5.74) is 0.982. The first-order valence-corrected chi connectivity index (χ1v) is 8.22. The van der Waals surface area contributed by atoms with Crippen molar-refractivity contribution in [2.24, 2.45) is 0 Å². The first-order valence-electron chi connectivity index (χ1n) is 7.34. The minimum atomic E-state index is -0.179. The number of hydrogen-bond acceptors (Lipinski definition) is 6. The first kappa shape index (κ1) is 16.4. The van der Waals surface area contributed by atoms with Crippen LogP contribution in [0.15, 0.2) is 9.90 Å². The maximum absolute atomic E-state index is 11.9. The number of rotatable bonds is 7. The maximum atomic E-state index is 11.9. The van der Waals surface area contributed by atoms with Crippen molar-refractivity contribution in [1.29, 1.82) is 0 Å². The molecule has 1 atom stereocenters. The van der Waals surface area contributed by atoms with Gasteiger partial charge in [-0.25, -0.2) is 9.78 Å². The maximum Gasteiger partial charge on any atom is 0.315 e. The van der Waals surface area contributed by atoms with Crippen LogP contribution in [0.2, 0.25) is 0 Å². The summed E-state index contributed by atoms with van der Waals surface area (Å²) in [7, 11) is 0. The molecule has 2 amide bonds. The van der Waals surface area contributed by atoms with E-state index in [4.69, 9.17) is 4.52 Å². The third-order valence-corrected chi connectivity index (χ3v) is 4.15. The number of aromatic nitrogens is 3. The summed E-state index contributed by atoms with van der Waals surface area (Å²) in [6.07, 6.45) is 2.22. The molecule has 0 bridgehead atoms. The van der Waals surface area contributed by atoms with Gasteiger partial charge < -0.3 is 15.2 Å². The van der Waals surface area contributed by atoms with Crippen molar-refractivity contribution in [3.8, 4) is 0 Å². The Morgan fingerprint density at radius 3 is 2.82 bits per heavy atom. The zero-order chi connectivity index (χ0) is 15.9. The van der Waals surface area contributed by atoms with E-state index in [0.29, 0.717) is 24.7 Å². The molecule has 0 saturated carbocycles. The van der Waals surface area contributed by atoms with Gasteiger partial charge in [0, 0.05) is 24.0 Å². The zero-order valence-corrected chi connectivity index (χ0v) is 13.9. The molecule has 8 heteroatoms. The summed E-state index contributed by atoms with van der Waals surface area (Å²) in [4.78, 5) is 20.5. The third-order valence-electron chi connectivity index (χ3n) is 3.07. The van der Waals surface area contributed by atoms with E-state index in [1.807, 2.05) is 19.2 Å². The highest BCUT2D eigenvalue weighted by molar-refractivity contribution is 7.09. The van der Waals surface area contributed by atoms with Crippen molar-refractivity contribution in [2.45, 2.75) is 46.1 Å². The van der Waals surface area contributed by atoms with Crippen LogP contribution in [0.3, 0.4) is 0 Å². The Labute approximate surface area is 133 Å². The molecule has 120 valence electrons. The van der Waals surface area contributed by atoms with Crippen molar-refractivity contribution in [1.82, 2.24) is 25.8 Å². The lowest BCUT2D eigenvalue weighted by molar-refractivity contribution is 0.236. The number of nitrogens with one attached hydrogen (secondary N) is 2. The number of carbonyl (C=O) groups is 1. The number of nitrogens with zero attached hydrogens (tertiary/aromatic N) is 3. The quantitative estimate of drug-likeness (QED) is 0.764. The Hall–Kier alpha value is -1.96. The van der Waals surface area contributed by atoms with Gasteiger partial charge in [0.25, 0.3) is 0 Å². The van der Waals surface area contributed by atoms with Gasteiger partial charge >= 0.3 is 6.03 Å². The molecule has 0 aromatic carbocycles. The minimum absolute atomic E-state index is 0.0442. The second kappa shape index (κ2) is 7.88. The van der Waals surface area contributed by atoms with Crippen LogP contribution in [0.4, 0.5) is 4.79 Å². The van der Waals surface area contributed by atoms with E-state index in [1.54, 1.807) is 18.3 Å². The fourth-order valence-corrected chi connectivity index (χ4v) is 2.89. The van der Waals surface area contributed by atoms with Gasteiger partial charge in [-0.05, 0) is 26.7 Å². The molecule has 0 aliphatic heterocycles. The fourth-order valence-electron chi connectivity index (χ4n) is 1.96. The number of aryl methyl sites for hydroxylation is 3. The minimum Gasteiger partial charge on any atom is -0.339 e. The molecular formula is C14H21N5O2S. The van der Waals surface area contributed by atoms with Crippen molar-refractivity contribution < 1.29 is 9.32 Å². The predicted molar refractivity (Wildman–Crippen MR) is 83.8 cm³/mol. The molecule has 2 aromatic heterocycles. The molecule has 0 spiro atoms. The zero-order valence-electron chi connectivity index (χ0n) is 13.0. The molecule has 0 unspecified atom stereocenters. The summed E-state index contributed by atoms with van der Waals surface area (Å²) < 4.78 is 5.02. The second-order valence-electron chi connectivity index (χ2n) is 5.03. The summed E-state index contributed by atoms with van der Waals surface area (Å²) in [5, 5.41) is 12.4. The van der Waals surface area contributed by atoms with E-state index in [9.17, 15) is 4.79 Å². The number of thiazole rings is 1. The van der Waals surface area contributed by atoms with Gasteiger partial charge in [0.2, 0.25) is 5.89 Å². The lowest BCUT2D eigenvalue weighted by Crippen LogP contribution is -2.38. The number of urea groups is 1. The predicted octanol–water partition coefficient (Wildman–Crippen LogP) is 2.53. The van der Waals surface area contributed by atoms with Gasteiger partial charge in [0.05, 0.1) is 6.04 Å². The molecule has 0 aliphatic rings. The topological polar surface area (TPSA) is 92.9 Å². The van der Waals surface area contributed by atoms with Crippen LogP contribution in [0, 0.1) is 13.8 Å². The molecule has 2 heterocycles. The van der Waals surface area contributed by atoms with Crippen LogP contribution in [-0.4, -0.2) is 27.7 Å². The van der Waals surface area contributed by atoms with E-state index < -0.39 is 0 Å². The van der Waals surface area contributed by atoms with E-state index in [1.165, 1.54) is 0 Å². The average molecular weight is 323 g/mol. The van der Waals surface area contributed by atoms with E-state index in [-0.39, 0.29) is 12.1 Å². The standard InChI is InChI=1S/C14H21N5O2S/c1-4-11(13-16-9(2)8-22-13)18-14(20)15-7-5-6-12-17-10(3)19-21-12/h8,11H,4-7H2,1-3H3,(H2,15,18,20)/t11-/m0/s1. The lowest BCUT2D eigenvalue weighted by atomic mass is 10.2. The second-order valence-corrected chi connectivity index (χ2v) is 5.92. The van der Waals surface area contributed by atoms with Crippen molar-refractivity contribution in [3.63, 3.8) is 0 Å². The first-order chi connectivity index (χ1) is 10.6. The van der Waals surface area contributed by atoms with Crippen LogP contribution < -0.4 is 10.6 Å². The summed E-state index contributed by atoms with van der Waals surface area (Å²) in [6, 6.07) is -0.223. The average Bonchev–Trinajstić information content (AvgIpc) is 3.10. The summed E-state index contributed by atoms with van der Waals surface area (Å²) in [5.74, 6) is 1.23. The van der Waals surface area contributed by atoms with Gasteiger partial charge in [0.15, 0.2) is 5.82 Å². The van der Waals surface area contributed by atoms with Crippen LogP contribution in [0.5, 0.6) is 0 Å². The van der Waals surface area contributed by atoms with Crippen molar-refractivity contribution >= 4 is 17.4 Å². The molecular weight excluding hydrogens is 302 g/mol. The molecule has 2 rings (SSSR count). The summed E-state index contributed by atoms with van der Waals surface area (Å²) >= 11 is 1.57. The molecule has 2 aromatic rings. The highest BCUT2D eigenvalue weighted by atomic mass is 32.1. The third kappa shape index (κ3) is 4.80. The Morgan fingerprint density at radius 2 is 2.23 bits per heavy atom. The van der Waals surface area contributed by atoms with Crippen LogP contribution in [0.25, 0.3) is 0 Å². The van der Waals surface area contributed by atoms with Gasteiger partial charge in [-0.3, -0.25) is 0 Å². The Kier molecular flexibility index (Phi) is 5.88. The number of hydrogen-bond donors (Lipinski definition) is 2. The summed E-state index contributed by atoms with van der Waals surface area (Å²) in [6.45, 7) is 6.32. The van der Waals surface area contributed by atoms with Crippen LogP contribution >= 0.6 is 11.3 Å². The molecule has 7 nitrogen and oxygen atoms in total. The Bertz CT molecular complexity index is 610. The monoisotopic (exact) mass is 323 g/mol. The van der Waals surface area contributed by atoms with E-state index in [0.717, 1.165) is 23.5 Å². The number of carbonyl (C=O) groups excluding carboxylic acids is 1. The van der Waals surface area contributed by atoms with Crippen LogP contribution in [-0.2, 0) is 6.42 Å². The van der Waals surface area contributed by atoms with Crippen LogP contribution in [0.1, 0.15) is 48.2 Å². The number of amides is 2. The Morgan fingerprint density at radius 1 is 1.41 bits per heavy atom. The molecule has 0 saturated heterocycles. The van der Waals surface area contributed by atoms with Crippen molar-refractivity contribution in [2.75, 3.05) is 6.54 Å².